The van der Waals surface area contributed by atoms with E-state index in [-0.39, 0.29) is 6.61 Å². The van der Waals surface area contributed by atoms with Gasteiger partial charge >= 0.3 is 0 Å². The summed E-state index contributed by atoms with van der Waals surface area (Å²) in [6.45, 7) is 0.573. The molecule has 10 heavy (non-hydrogen) atoms. The van der Waals surface area contributed by atoms with Crippen molar-refractivity contribution in [3.05, 3.63) is 23.0 Å². The molecule has 0 aromatic heterocycles. The van der Waals surface area contributed by atoms with Crippen LogP contribution >= 0.6 is 15.9 Å². The average Bonchev–Trinajstić information content (AvgIpc) is 1.88. The topological polar surface area (TPSA) is 32.7 Å². The van der Waals surface area contributed by atoms with E-state index in [0.29, 0.717) is 11.2 Å². The van der Waals surface area contributed by atoms with Gasteiger partial charge < -0.3 is 9.94 Å². The van der Waals surface area contributed by atoms with Crippen LogP contribution in [0.1, 0.15) is 0 Å². The van der Waals surface area contributed by atoms with Crippen molar-refractivity contribution in [2.45, 2.75) is 0 Å². The minimum Gasteiger partial charge on any atom is -0.394 e. The van der Waals surface area contributed by atoms with Crippen LogP contribution in [0.5, 0.6) is 0 Å². The van der Waals surface area contributed by atoms with Crippen LogP contribution < -0.4 is 0 Å². The van der Waals surface area contributed by atoms with Gasteiger partial charge in [-0.1, -0.05) is 0 Å². The minimum absolute atomic E-state index is 0.0879. The maximum atomic E-state index is 8.51. The van der Waals surface area contributed by atoms with Crippen LogP contribution in [0.2, 0.25) is 0 Å². The lowest BCUT2D eigenvalue weighted by Crippen LogP contribution is -2.21. The van der Waals surface area contributed by atoms with E-state index >= 15 is 0 Å². The number of allylic oxidation sites excluding steroid dienone is 2. The number of aliphatic hydroxyl groups is 1. The van der Waals surface area contributed by atoms with Crippen molar-refractivity contribution in [2.24, 2.45) is 0 Å². The van der Waals surface area contributed by atoms with Gasteiger partial charge in [0, 0.05) is 6.20 Å². The Hall–Kier alpha value is -0.480. The second-order valence-electron chi connectivity index (χ2n) is 1.77. The fraction of sp³-hybridized carbons (Fsp3) is 0.333. The van der Waals surface area contributed by atoms with Gasteiger partial charge in [-0.2, -0.15) is 0 Å². The van der Waals surface area contributed by atoms with Crippen LogP contribution in [-0.2, 0) is 4.84 Å². The predicted octanol–water partition coefficient (Wildman–Crippen LogP) is 0.976. The van der Waals surface area contributed by atoms with Crippen molar-refractivity contribution in [1.82, 2.24) is 5.06 Å². The molecule has 1 aliphatic heterocycles. The third-order valence-electron chi connectivity index (χ3n) is 1.00. The third-order valence-corrected chi connectivity index (χ3v) is 1.41. The van der Waals surface area contributed by atoms with Crippen molar-refractivity contribution < 1.29 is 9.94 Å². The first-order chi connectivity index (χ1) is 4.83. The molecule has 0 saturated heterocycles. The first-order valence-corrected chi connectivity index (χ1v) is 3.71. The summed E-state index contributed by atoms with van der Waals surface area (Å²) in [5, 5.41) is 10.1. The van der Waals surface area contributed by atoms with Crippen molar-refractivity contribution >= 4 is 15.9 Å². The van der Waals surface area contributed by atoms with Crippen molar-refractivity contribution in [2.75, 3.05) is 13.2 Å². The second kappa shape index (κ2) is 3.63. The van der Waals surface area contributed by atoms with E-state index in [0.717, 1.165) is 0 Å². The molecule has 0 amide bonds. The molecule has 1 N–H and O–H groups in total. The van der Waals surface area contributed by atoms with Gasteiger partial charge in [0.2, 0.25) is 0 Å². The maximum absolute atomic E-state index is 8.51. The fourth-order valence-electron chi connectivity index (χ4n) is 0.606. The molecule has 0 spiro atoms. The monoisotopic (exact) mass is 205 g/mol. The Bertz CT molecular complexity index is 167. The summed E-state index contributed by atoms with van der Waals surface area (Å²) < 4.78 is 0.656. The van der Waals surface area contributed by atoms with Gasteiger partial charge in [0.15, 0.2) is 4.67 Å². The highest BCUT2D eigenvalue weighted by molar-refractivity contribution is 9.11. The second-order valence-corrected chi connectivity index (χ2v) is 2.55. The van der Waals surface area contributed by atoms with Gasteiger partial charge in [0.25, 0.3) is 0 Å². The Morgan fingerprint density at radius 3 is 3.10 bits per heavy atom. The first-order valence-electron chi connectivity index (χ1n) is 2.92. The van der Waals surface area contributed by atoms with E-state index < -0.39 is 0 Å². The molecule has 1 rings (SSSR count). The van der Waals surface area contributed by atoms with E-state index in [4.69, 9.17) is 9.94 Å². The summed E-state index contributed by atoms with van der Waals surface area (Å²) >= 11 is 3.16. The molecule has 0 atom stereocenters. The van der Waals surface area contributed by atoms with Crippen LogP contribution in [0.25, 0.3) is 0 Å². The summed E-state index contributed by atoms with van der Waals surface area (Å²) in [6, 6.07) is 0. The normalized spacial score (nSPS) is 16.6. The smallest absolute Gasteiger partial charge is 0.197 e. The molecule has 0 aliphatic carbocycles. The molecule has 0 aromatic carbocycles. The number of hydrogen-bond acceptors (Lipinski definition) is 3. The first kappa shape index (κ1) is 7.63. The zero-order valence-electron chi connectivity index (χ0n) is 5.33. The highest BCUT2D eigenvalue weighted by atomic mass is 79.9. The summed E-state index contributed by atoms with van der Waals surface area (Å²) in [5.41, 5.74) is 0. The molecule has 56 valence electrons. The molecular weight excluding hydrogens is 198 g/mol. The van der Waals surface area contributed by atoms with Crippen molar-refractivity contribution in [1.29, 1.82) is 0 Å². The highest BCUT2D eigenvalue weighted by Crippen LogP contribution is 2.13. The molecule has 0 unspecified atom stereocenters. The summed E-state index contributed by atoms with van der Waals surface area (Å²) in [5.74, 6) is 0. The summed E-state index contributed by atoms with van der Waals surface area (Å²) in [6.07, 6.45) is 5.37. The van der Waals surface area contributed by atoms with E-state index in [1.54, 1.807) is 17.3 Å². The molecule has 0 saturated carbocycles. The molecule has 4 heteroatoms. The zero-order valence-corrected chi connectivity index (χ0v) is 6.91. The maximum Gasteiger partial charge on any atom is 0.197 e. The van der Waals surface area contributed by atoms with E-state index in [1.807, 2.05) is 6.08 Å². The number of rotatable bonds is 2. The van der Waals surface area contributed by atoms with Crippen molar-refractivity contribution in [3.63, 3.8) is 0 Å². The summed E-state index contributed by atoms with van der Waals surface area (Å²) in [4.78, 5) is 5.09. The summed E-state index contributed by atoms with van der Waals surface area (Å²) in [7, 11) is 0. The largest absolute Gasteiger partial charge is 0.394 e. The highest BCUT2D eigenvalue weighted by Gasteiger charge is 2.03. The van der Waals surface area contributed by atoms with Gasteiger partial charge in [0.05, 0.1) is 13.2 Å². The lowest BCUT2D eigenvalue weighted by molar-refractivity contribution is -0.0723. The molecule has 0 aromatic rings. The molecule has 1 aliphatic rings. The number of hydrogen-bond donors (Lipinski definition) is 1. The Kier molecular flexibility index (Phi) is 2.77. The molecule has 0 fully saturated rings. The lowest BCUT2D eigenvalue weighted by atomic mass is 10.5. The van der Waals surface area contributed by atoms with Crippen LogP contribution in [0, 0.1) is 0 Å². The zero-order chi connectivity index (χ0) is 7.40. The SMILES string of the molecule is OCCN1C=CC=C(Br)O1. The van der Waals surface area contributed by atoms with Crippen LogP contribution in [0.4, 0.5) is 0 Å². The van der Waals surface area contributed by atoms with E-state index in [1.165, 1.54) is 0 Å². The Morgan fingerprint density at radius 2 is 2.50 bits per heavy atom. The predicted molar refractivity (Wildman–Crippen MR) is 41.0 cm³/mol. The van der Waals surface area contributed by atoms with Gasteiger partial charge in [-0.05, 0) is 28.1 Å². The third kappa shape index (κ3) is 2.04. The van der Waals surface area contributed by atoms with Gasteiger partial charge in [-0.15, -0.1) is 0 Å². The number of aliphatic hydroxyl groups excluding tert-OH is 1. The standard InChI is InChI=1S/C6H8BrNO2/c7-6-2-1-3-8(10-6)4-5-9/h1-3,9H,4-5H2. The van der Waals surface area contributed by atoms with E-state index in [2.05, 4.69) is 15.9 Å². The molecular formula is C6H8BrNO2. The molecule has 1 heterocycles. The van der Waals surface area contributed by atoms with Crippen LogP contribution in [-0.4, -0.2) is 23.3 Å². The molecule has 0 bridgehead atoms. The molecule has 0 radical (unpaired) electrons. The minimum atomic E-state index is 0.0879. The lowest BCUT2D eigenvalue weighted by Gasteiger charge is -2.20. The van der Waals surface area contributed by atoms with Gasteiger partial charge in [0.1, 0.15) is 0 Å². The molecule has 3 nitrogen and oxygen atoms in total. The number of nitrogens with zero attached hydrogens (tertiary/aromatic N) is 1. The Morgan fingerprint density at radius 1 is 1.70 bits per heavy atom. The van der Waals surface area contributed by atoms with Gasteiger partial charge in [-0.3, -0.25) is 0 Å². The van der Waals surface area contributed by atoms with Crippen molar-refractivity contribution in [3.8, 4) is 0 Å². The van der Waals surface area contributed by atoms with E-state index in [9.17, 15) is 0 Å². The Balaban J connectivity index is 2.39. The van der Waals surface area contributed by atoms with Crippen LogP contribution in [0.3, 0.4) is 0 Å². The number of hydroxylamine groups is 2. The fourth-order valence-corrected chi connectivity index (χ4v) is 0.945. The average molecular weight is 206 g/mol. The quantitative estimate of drug-likeness (QED) is 0.730. The van der Waals surface area contributed by atoms with Crippen LogP contribution in [0.15, 0.2) is 23.0 Å². The Labute approximate surface area is 67.7 Å². The van der Waals surface area contributed by atoms with Gasteiger partial charge in [-0.25, -0.2) is 5.06 Å². The number of β-amino-alcohol motifs (C(OH)–C–C–N with tert-alkyl or cyclic N) is 1. The number of halogens is 1.